The van der Waals surface area contributed by atoms with Crippen LogP contribution in [0.4, 0.5) is 0 Å². The number of nitrogens with zero attached hydrogens (tertiary/aromatic N) is 1. The molecule has 0 amide bonds. The lowest BCUT2D eigenvalue weighted by molar-refractivity contribution is -0.367. The standard InChI is InChI=1S/C13H13ClN2O2S/c14-11-3-5-12(6-4-11)19(17,18)13(8-15)10-2-1-7-16-9-10/h1-7,9,13H,8,15H2/p+1/t13-/m0/s1. The molecule has 6 heteroatoms. The zero-order valence-corrected chi connectivity index (χ0v) is 11.7. The molecule has 0 saturated heterocycles. The van der Waals surface area contributed by atoms with E-state index < -0.39 is 15.1 Å². The van der Waals surface area contributed by atoms with Gasteiger partial charge in [-0.25, -0.2) is 8.42 Å². The van der Waals surface area contributed by atoms with Crippen LogP contribution in [0.5, 0.6) is 0 Å². The molecule has 0 radical (unpaired) electrons. The molecule has 19 heavy (non-hydrogen) atoms. The first-order valence-electron chi connectivity index (χ1n) is 5.74. The van der Waals surface area contributed by atoms with Crippen molar-refractivity contribution in [3.63, 3.8) is 0 Å². The van der Waals surface area contributed by atoms with Gasteiger partial charge in [-0.15, -0.1) is 0 Å². The van der Waals surface area contributed by atoms with Gasteiger partial charge in [-0.1, -0.05) is 17.7 Å². The number of benzene rings is 1. The molecule has 1 heterocycles. The fourth-order valence-electron chi connectivity index (χ4n) is 1.86. The first-order chi connectivity index (χ1) is 9.05. The highest BCUT2D eigenvalue weighted by atomic mass is 35.5. The fourth-order valence-corrected chi connectivity index (χ4v) is 3.63. The van der Waals surface area contributed by atoms with Gasteiger partial charge in [0.25, 0.3) is 0 Å². The van der Waals surface area contributed by atoms with E-state index in [0.717, 1.165) is 0 Å². The van der Waals surface area contributed by atoms with E-state index in [-0.39, 0.29) is 11.4 Å². The lowest BCUT2D eigenvalue weighted by Crippen LogP contribution is -2.54. The van der Waals surface area contributed by atoms with Crippen LogP contribution < -0.4 is 5.73 Å². The predicted molar refractivity (Wildman–Crippen MR) is 73.4 cm³/mol. The van der Waals surface area contributed by atoms with Gasteiger partial charge in [0.1, 0.15) is 5.25 Å². The number of quaternary nitrogens is 1. The molecule has 2 aromatic rings. The van der Waals surface area contributed by atoms with E-state index in [1.807, 2.05) is 0 Å². The summed E-state index contributed by atoms with van der Waals surface area (Å²) in [6.07, 6.45) is 3.17. The lowest BCUT2D eigenvalue weighted by atomic mass is 10.2. The van der Waals surface area contributed by atoms with Crippen molar-refractivity contribution >= 4 is 21.4 Å². The number of sulfone groups is 1. The van der Waals surface area contributed by atoms with Gasteiger partial charge < -0.3 is 5.73 Å². The molecule has 0 aliphatic rings. The predicted octanol–water partition coefficient (Wildman–Crippen LogP) is 1.49. The van der Waals surface area contributed by atoms with E-state index in [9.17, 15) is 8.42 Å². The van der Waals surface area contributed by atoms with E-state index in [2.05, 4.69) is 10.7 Å². The van der Waals surface area contributed by atoms with Gasteiger partial charge in [-0.3, -0.25) is 4.98 Å². The van der Waals surface area contributed by atoms with Crippen LogP contribution in [0.15, 0.2) is 53.7 Å². The van der Waals surface area contributed by atoms with Gasteiger partial charge in [0.15, 0.2) is 9.84 Å². The van der Waals surface area contributed by atoms with E-state index >= 15 is 0 Å². The molecule has 2 rings (SSSR count). The molecule has 0 saturated carbocycles. The maximum Gasteiger partial charge on any atom is 0.190 e. The van der Waals surface area contributed by atoms with Crippen LogP contribution >= 0.6 is 11.6 Å². The minimum Gasteiger partial charge on any atom is -0.356 e. The summed E-state index contributed by atoms with van der Waals surface area (Å²) < 4.78 is 25.1. The normalized spacial score (nSPS) is 13.2. The van der Waals surface area contributed by atoms with Crippen LogP contribution in [-0.4, -0.2) is 19.9 Å². The Bertz CT molecular complexity index is 642. The molecule has 0 fully saturated rings. The molecule has 100 valence electrons. The molecular weight excluding hydrogens is 284 g/mol. The second kappa shape index (κ2) is 5.69. The SMILES string of the molecule is [NH3+]C[C@@H](c1cccnc1)S(=O)(=O)c1ccc(Cl)cc1. The second-order valence-corrected chi connectivity index (χ2v) is 6.63. The summed E-state index contributed by atoms with van der Waals surface area (Å²) in [6, 6.07) is 9.62. The van der Waals surface area contributed by atoms with Crippen molar-refractivity contribution in [1.82, 2.24) is 4.98 Å². The molecule has 0 aliphatic carbocycles. The highest BCUT2D eigenvalue weighted by molar-refractivity contribution is 7.91. The van der Waals surface area contributed by atoms with Gasteiger partial charge in [-0.05, 0) is 35.9 Å². The molecule has 0 aliphatic heterocycles. The summed E-state index contributed by atoms with van der Waals surface area (Å²) in [5.74, 6) is 0. The summed E-state index contributed by atoms with van der Waals surface area (Å²) >= 11 is 5.78. The quantitative estimate of drug-likeness (QED) is 0.929. The number of rotatable bonds is 4. The van der Waals surface area contributed by atoms with Crippen LogP contribution in [0.2, 0.25) is 5.02 Å². The Labute approximate surface area is 117 Å². The largest absolute Gasteiger partial charge is 0.356 e. The van der Waals surface area contributed by atoms with Crippen molar-refractivity contribution in [1.29, 1.82) is 0 Å². The van der Waals surface area contributed by atoms with Gasteiger partial charge in [0, 0.05) is 17.4 Å². The summed E-state index contributed by atoms with van der Waals surface area (Å²) in [5.41, 5.74) is 4.38. The first kappa shape index (κ1) is 14.0. The highest BCUT2D eigenvalue weighted by Crippen LogP contribution is 2.27. The van der Waals surface area contributed by atoms with Crippen molar-refractivity contribution in [2.24, 2.45) is 0 Å². The van der Waals surface area contributed by atoms with Crippen LogP contribution in [-0.2, 0) is 9.84 Å². The average Bonchev–Trinajstić information content (AvgIpc) is 2.41. The monoisotopic (exact) mass is 297 g/mol. The van der Waals surface area contributed by atoms with Crippen molar-refractivity contribution < 1.29 is 14.2 Å². The second-order valence-electron chi connectivity index (χ2n) is 4.06. The van der Waals surface area contributed by atoms with Crippen molar-refractivity contribution in [2.75, 3.05) is 6.54 Å². The fraction of sp³-hybridized carbons (Fsp3) is 0.154. The summed E-state index contributed by atoms with van der Waals surface area (Å²) in [4.78, 5) is 4.21. The number of halogens is 1. The molecule has 1 aromatic carbocycles. The summed E-state index contributed by atoms with van der Waals surface area (Å²) in [5, 5.41) is -0.186. The lowest BCUT2D eigenvalue weighted by Gasteiger charge is -2.14. The molecule has 0 unspecified atom stereocenters. The van der Waals surface area contributed by atoms with Crippen LogP contribution in [0.1, 0.15) is 10.8 Å². The Morgan fingerprint density at radius 2 is 1.89 bits per heavy atom. The molecule has 1 aromatic heterocycles. The van der Waals surface area contributed by atoms with Crippen molar-refractivity contribution in [3.05, 3.63) is 59.4 Å². The third kappa shape index (κ3) is 2.94. The Balaban J connectivity index is 2.45. The maximum absolute atomic E-state index is 12.6. The van der Waals surface area contributed by atoms with Crippen LogP contribution in [0.25, 0.3) is 0 Å². The minimum absolute atomic E-state index is 0.245. The molecule has 0 spiro atoms. The van der Waals surface area contributed by atoms with Gasteiger partial charge >= 0.3 is 0 Å². The maximum atomic E-state index is 12.6. The van der Waals surface area contributed by atoms with E-state index in [4.69, 9.17) is 11.6 Å². The minimum atomic E-state index is -3.48. The molecule has 1 atom stereocenters. The Morgan fingerprint density at radius 3 is 2.42 bits per heavy atom. The van der Waals surface area contributed by atoms with Crippen molar-refractivity contribution in [3.8, 4) is 0 Å². The Kier molecular flexibility index (Phi) is 4.19. The van der Waals surface area contributed by atoms with Crippen LogP contribution in [0, 0.1) is 0 Å². The smallest absolute Gasteiger partial charge is 0.190 e. The molecular formula is C13H14ClN2O2S+. The first-order valence-corrected chi connectivity index (χ1v) is 7.67. The van der Waals surface area contributed by atoms with E-state index in [1.165, 1.54) is 12.1 Å². The number of hydrogen-bond donors (Lipinski definition) is 1. The van der Waals surface area contributed by atoms with Crippen molar-refractivity contribution in [2.45, 2.75) is 10.1 Å². The topological polar surface area (TPSA) is 74.7 Å². The third-order valence-corrected chi connectivity index (χ3v) is 5.27. The third-order valence-electron chi connectivity index (χ3n) is 2.84. The molecule has 3 N–H and O–H groups in total. The van der Waals surface area contributed by atoms with Gasteiger partial charge in [0.05, 0.1) is 11.4 Å². The van der Waals surface area contributed by atoms with E-state index in [0.29, 0.717) is 10.6 Å². The number of hydrogen-bond acceptors (Lipinski definition) is 3. The zero-order chi connectivity index (χ0) is 13.9. The highest BCUT2D eigenvalue weighted by Gasteiger charge is 2.29. The Hall–Kier alpha value is -1.43. The summed E-state index contributed by atoms with van der Waals surface area (Å²) in [7, 11) is -3.48. The zero-order valence-electron chi connectivity index (χ0n) is 10.2. The Morgan fingerprint density at radius 1 is 1.21 bits per heavy atom. The van der Waals surface area contributed by atoms with Gasteiger partial charge in [0.2, 0.25) is 0 Å². The van der Waals surface area contributed by atoms with Gasteiger partial charge in [-0.2, -0.15) is 0 Å². The van der Waals surface area contributed by atoms with Crippen LogP contribution in [0.3, 0.4) is 0 Å². The molecule has 0 bridgehead atoms. The summed E-state index contributed by atoms with van der Waals surface area (Å²) in [6.45, 7) is 0.247. The van der Waals surface area contributed by atoms with E-state index in [1.54, 1.807) is 36.7 Å². The number of pyridine rings is 1. The molecule has 4 nitrogen and oxygen atoms in total. The number of aromatic nitrogens is 1. The average molecular weight is 298 g/mol.